The lowest BCUT2D eigenvalue weighted by molar-refractivity contribution is -0.143. The van der Waals surface area contributed by atoms with Crippen LogP contribution in [0.4, 0.5) is 4.79 Å². The number of amides is 3. The number of rotatable bonds is 10. The Morgan fingerprint density at radius 1 is 1.15 bits per heavy atom. The van der Waals surface area contributed by atoms with E-state index in [0.29, 0.717) is 17.5 Å². The molecular weight excluding hydrogens is 430 g/mol. The first kappa shape index (κ1) is 28.8. The Balaban J connectivity index is 3.47. The average Bonchev–Trinajstić information content (AvgIpc) is 2.74. The maximum Gasteiger partial charge on any atom is 0.408 e. The van der Waals surface area contributed by atoms with Gasteiger partial charge in [0.2, 0.25) is 11.8 Å². The maximum absolute atomic E-state index is 13.9. The molecule has 0 aliphatic heterocycles. The molecule has 186 valence electrons. The Hall–Kier alpha value is -3.27. The molecule has 7 nitrogen and oxygen atoms in total. The molecule has 0 aliphatic carbocycles. The third-order valence-corrected chi connectivity index (χ3v) is 5.14. The van der Waals surface area contributed by atoms with E-state index in [1.807, 2.05) is 27.7 Å². The maximum atomic E-state index is 13.9. The molecule has 3 unspecified atom stereocenters. The number of hydrogen-bond acceptors (Lipinski definition) is 4. The summed E-state index contributed by atoms with van der Waals surface area (Å²) in [5.74, 6) is 1.62. The van der Waals surface area contributed by atoms with Crippen LogP contribution in [0, 0.1) is 18.3 Å². The van der Waals surface area contributed by atoms with Crippen LogP contribution in [-0.4, -0.2) is 47.0 Å². The number of terminal acetylenes is 1. The number of alkyl carbamates (subject to hydrolysis) is 1. The molecule has 1 rings (SSSR count). The Kier molecular flexibility index (Phi) is 10.9. The van der Waals surface area contributed by atoms with E-state index in [4.69, 9.17) is 11.2 Å². The van der Waals surface area contributed by atoms with Crippen molar-refractivity contribution in [3.8, 4) is 12.3 Å². The van der Waals surface area contributed by atoms with Crippen molar-refractivity contribution in [1.82, 2.24) is 15.5 Å². The molecule has 1 aromatic carbocycles. The zero-order valence-electron chi connectivity index (χ0n) is 21.5. The summed E-state index contributed by atoms with van der Waals surface area (Å²) in [5.41, 5.74) is 0.553. The van der Waals surface area contributed by atoms with Gasteiger partial charge in [-0.25, -0.2) is 4.79 Å². The topological polar surface area (TPSA) is 87.7 Å². The summed E-state index contributed by atoms with van der Waals surface area (Å²) < 4.78 is 5.38. The third kappa shape index (κ3) is 8.58. The summed E-state index contributed by atoms with van der Waals surface area (Å²) in [7, 11) is 0. The van der Waals surface area contributed by atoms with Crippen LogP contribution in [0.5, 0.6) is 0 Å². The molecule has 0 heterocycles. The summed E-state index contributed by atoms with van der Waals surface area (Å²) in [6.07, 6.45) is 6.98. The summed E-state index contributed by atoms with van der Waals surface area (Å²) in [4.78, 5) is 41.1. The van der Waals surface area contributed by atoms with Crippen LogP contribution in [0.25, 0.3) is 0 Å². The lowest BCUT2D eigenvalue weighted by Gasteiger charge is -2.35. The van der Waals surface area contributed by atoms with Crippen LogP contribution in [0.15, 0.2) is 36.9 Å². The summed E-state index contributed by atoms with van der Waals surface area (Å²) in [6, 6.07) is 4.97. The van der Waals surface area contributed by atoms with Crippen molar-refractivity contribution >= 4 is 17.9 Å². The van der Waals surface area contributed by atoms with Gasteiger partial charge in [-0.3, -0.25) is 9.59 Å². The monoisotopic (exact) mass is 469 g/mol. The SMILES string of the molecule is C#Cc1ccc(C(C(=O)NC(C)C)N(CC=C)C(=O)C(NC(=O)OC(C)(C)C)C(C)CC)cc1. The van der Waals surface area contributed by atoms with Gasteiger partial charge in [-0.2, -0.15) is 0 Å². The Morgan fingerprint density at radius 2 is 1.74 bits per heavy atom. The first-order valence-electron chi connectivity index (χ1n) is 11.6. The largest absolute Gasteiger partial charge is 0.444 e. The van der Waals surface area contributed by atoms with Gasteiger partial charge in [0.25, 0.3) is 0 Å². The molecule has 0 bridgehead atoms. The van der Waals surface area contributed by atoms with Crippen molar-refractivity contribution in [1.29, 1.82) is 0 Å². The fraction of sp³-hybridized carbons (Fsp3) is 0.519. The van der Waals surface area contributed by atoms with E-state index < -0.39 is 29.7 Å². The number of carbonyl (C=O) groups excluding carboxylic acids is 3. The molecule has 34 heavy (non-hydrogen) atoms. The molecule has 2 N–H and O–H groups in total. The van der Waals surface area contributed by atoms with Crippen molar-refractivity contribution in [2.45, 2.75) is 78.6 Å². The Labute approximate surface area is 204 Å². The minimum absolute atomic E-state index is 0.106. The van der Waals surface area contributed by atoms with E-state index in [1.54, 1.807) is 51.1 Å². The van der Waals surface area contributed by atoms with Crippen molar-refractivity contribution in [2.24, 2.45) is 5.92 Å². The predicted octanol–water partition coefficient (Wildman–Crippen LogP) is 4.19. The molecule has 0 radical (unpaired) electrons. The lowest BCUT2D eigenvalue weighted by atomic mass is 9.95. The predicted molar refractivity (Wildman–Crippen MR) is 135 cm³/mol. The number of carbonyl (C=O) groups is 3. The molecular formula is C27H39N3O4. The van der Waals surface area contributed by atoms with Crippen molar-refractivity contribution in [3.05, 3.63) is 48.0 Å². The highest BCUT2D eigenvalue weighted by atomic mass is 16.6. The van der Waals surface area contributed by atoms with Gasteiger partial charge in [-0.05, 0) is 58.2 Å². The molecule has 3 amide bonds. The number of hydrogen-bond donors (Lipinski definition) is 2. The fourth-order valence-electron chi connectivity index (χ4n) is 3.36. The van der Waals surface area contributed by atoms with Crippen LogP contribution >= 0.6 is 0 Å². The normalized spacial score (nSPS) is 13.7. The van der Waals surface area contributed by atoms with Crippen LogP contribution in [0.1, 0.15) is 72.1 Å². The molecule has 0 spiro atoms. The van der Waals surface area contributed by atoms with E-state index in [9.17, 15) is 14.4 Å². The van der Waals surface area contributed by atoms with E-state index >= 15 is 0 Å². The molecule has 1 aromatic rings. The van der Waals surface area contributed by atoms with Crippen molar-refractivity contribution in [2.75, 3.05) is 6.54 Å². The highest BCUT2D eigenvalue weighted by Crippen LogP contribution is 2.25. The van der Waals surface area contributed by atoms with Crippen LogP contribution in [-0.2, 0) is 14.3 Å². The fourth-order valence-corrected chi connectivity index (χ4v) is 3.36. The zero-order chi connectivity index (χ0) is 26.1. The second-order valence-corrected chi connectivity index (χ2v) is 9.62. The Morgan fingerprint density at radius 3 is 2.18 bits per heavy atom. The molecule has 3 atom stereocenters. The van der Waals surface area contributed by atoms with Crippen LogP contribution in [0.2, 0.25) is 0 Å². The van der Waals surface area contributed by atoms with Gasteiger partial charge in [0.1, 0.15) is 17.7 Å². The lowest BCUT2D eigenvalue weighted by Crippen LogP contribution is -2.55. The second kappa shape index (κ2) is 12.8. The average molecular weight is 470 g/mol. The second-order valence-electron chi connectivity index (χ2n) is 9.62. The number of ether oxygens (including phenoxy) is 1. The molecule has 0 fully saturated rings. The van der Waals surface area contributed by atoms with Gasteiger partial charge in [-0.1, -0.05) is 44.4 Å². The molecule has 0 aliphatic rings. The van der Waals surface area contributed by atoms with Gasteiger partial charge in [0.15, 0.2) is 0 Å². The minimum atomic E-state index is -0.938. The standard InChI is InChI=1S/C27H39N3O4/c1-10-17-30(25(32)22(19(6)11-2)29-26(33)34-27(7,8)9)23(24(31)28-18(4)5)21-15-13-20(12-3)14-16-21/h3,10,13-16,18-19,22-23H,1,11,17H2,2,4-9H3,(H,28,31)(H,29,33). The minimum Gasteiger partial charge on any atom is -0.444 e. The highest BCUT2D eigenvalue weighted by molar-refractivity contribution is 5.92. The van der Waals surface area contributed by atoms with E-state index in [1.165, 1.54) is 4.90 Å². The van der Waals surface area contributed by atoms with Crippen molar-refractivity contribution < 1.29 is 19.1 Å². The van der Waals surface area contributed by atoms with Crippen molar-refractivity contribution in [3.63, 3.8) is 0 Å². The smallest absolute Gasteiger partial charge is 0.408 e. The van der Waals surface area contributed by atoms with Crippen LogP contribution < -0.4 is 10.6 Å². The molecule has 0 saturated carbocycles. The van der Waals surface area contributed by atoms with E-state index in [2.05, 4.69) is 23.1 Å². The number of nitrogens with one attached hydrogen (secondary N) is 2. The van der Waals surface area contributed by atoms with Gasteiger partial charge in [-0.15, -0.1) is 13.0 Å². The summed E-state index contributed by atoms with van der Waals surface area (Å²) in [6.45, 7) is 16.6. The highest BCUT2D eigenvalue weighted by Gasteiger charge is 2.37. The van der Waals surface area contributed by atoms with E-state index in [0.717, 1.165) is 0 Å². The van der Waals surface area contributed by atoms with Gasteiger partial charge in [0, 0.05) is 18.2 Å². The van der Waals surface area contributed by atoms with Gasteiger partial charge < -0.3 is 20.3 Å². The Bertz CT molecular complexity index is 894. The van der Waals surface area contributed by atoms with Gasteiger partial charge in [0.05, 0.1) is 0 Å². The first-order valence-corrected chi connectivity index (χ1v) is 11.6. The quantitative estimate of drug-likeness (QED) is 0.397. The summed E-state index contributed by atoms with van der Waals surface area (Å²) in [5, 5.41) is 5.62. The number of benzene rings is 1. The van der Waals surface area contributed by atoms with Gasteiger partial charge >= 0.3 is 6.09 Å². The molecule has 7 heteroatoms. The van der Waals surface area contributed by atoms with Crippen LogP contribution in [0.3, 0.4) is 0 Å². The summed E-state index contributed by atoms with van der Waals surface area (Å²) >= 11 is 0. The molecule has 0 saturated heterocycles. The third-order valence-electron chi connectivity index (χ3n) is 5.14. The number of nitrogens with zero attached hydrogens (tertiary/aromatic N) is 1. The first-order chi connectivity index (χ1) is 15.8. The zero-order valence-corrected chi connectivity index (χ0v) is 21.5. The molecule has 0 aromatic heterocycles. The van der Waals surface area contributed by atoms with E-state index in [-0.39, 0.29) is 24.4 Å².